The SMILES string of the molecule is Cc1ccc(-c2cnc3ccccc3c2-c2ccccc2)cc1. The maximum atomic E-state index is 4.67. The van der Waals surface area contributed by atoms with Crippen molar-refractivity contribution in [3.05, 3.63) is 90.6 Å². The van der Waals surface area contributed by atoms with Gasteiger partial charge in [0.15, 0.2) is 0 Å². The van der Waals surface area contributed by atoms with Crippen molar-refractivity contribution in [2.45, 2.75) is 6.92 Å². The van der Waals surface area contributed by atoms with E-state index in [9.17, 15) is 0 Å². The molecule has 0 saturated carbocycles. The molecule has 0 N–H and O–H groups in total. The van der Waals surface area contributed by atoms with Crippen molar-refractivity contribution in [1.29, 1.82) is 0 Å². The van der Waals surface area contributed by atoms with E-state index in [1.54, 1.807) is 0 Å². The van der Waals surface area contributed by atoms with E-state index in [1.165, 1.54) is 33.2 Å². The minimum absolute atomic E-state index is 1.03. The summed E-state index contributed by atoms with van der Waals surface area (Å²) in [6.07, 6.45) is 2.00. The van der Waals surface area contributed by atoms with Crippen LogP contribution in [0.4, 0.5) is 0 Å². The molecule has 4 aromatic rings. The number of para-hydroxylation sites is 1. The van der Waals surface area contributed by atoms with E-state index in [0.29, 0.717) is 0 Å². The number of fused-ring (bicyclic) bond motifs is 1. The van der Waals surface area contributed by atoms with E-state index in [2.05, 4.69) is 84.7 Å². The highest BCUT2D eigenvalue weighted by Crippen LogP contribution is 2.36. The molecule has 0 aliphatic carbocycles. The predicted octanol–water partition coefficient (Wildman–Crippen LogP) is 5.88. The third kappa shape index (κ3) is 2.51. The largest absolute Gasteiger partial charge is 0.256 e. The maximum absolute atomic E-state index is 4.67. The first-order valence-electron chi connectivity index (χ1n) is 7.83. The summed E-state index contributed by atoms with van der Waals surface area (Å²) in [5, 5.41) is 1.19. The Kier molecular flexibility index (Phi) is 3.39. The number of aryl methyl sites for hydroxylation is 1. The summed E-state index contributed by atoms with van der Waals surface area (Å²) in [4.78, 5) is 4.67. The molecule has 3 aromatic carbocycles. The van der Waals surface area contributed by atoms with Crippen molar-refractivity contribution in [3.63, 3.8) is 0 Å². The lowest BCUT2D eigenvalue weighted by molar-refractivity contribution is 1.40. The molecule has 0 atom stereocenters. The second-order valence-electron chi connectivity index (χ2n) is 5.80. The first-order chi connectivity index (χ1) is 11.3. The topological polar surface area (TPSA) is 12.9 Å². The van der Waals surface area contributed by atoms with Crippen molar-refractivity contribution < 1.29 is 0 Å². The van der Waals surface area contributed by atoms with Crippen molar-refractivity contribution in [1.82, 2.24) is 4.98 Å². The number of aromatic nitrogens is 1. The molecular formula is C22H17N. The summed E-state index contributed by atoms with van der Waals surface area (Å²) in [5.41, 5.74) is 7.15. The van der Waals surface area contributed by atoms with Gasteiger partial charge in [-0.1, -0.05) is 78.4 Å². The van der Waals surface area contributed by atoms with E-state index in [-0.39, 0.29) is 0 Å². The number of benzene rings is 3. The van der Waals surface area contributed by atoms with Crippen LogP contribution in [0.25, 0.3) is 33.2 Å². The van der Waals surface area contributed by atoms with Gasteiger partial charge in [-0.25, -0.2) is 0 Å². The van der Waals surface area contributed by atoms with E-state index < -0.39 is 0 Å². The molecule has 0 unspecified atom stereocenters. The van der Waals surface area contributed by atoms with Crippen LogP contribution >= 0.6 is 0 Å². The average Bonchev–Trinajstić information content (AvgIpc) is 2.62. The van der Waals surface area contributed by atoms with Crippen LogP contribution < -0.4 is 0 Å². The predicted molar refractivity (Wildman–Crippen MR) is 97.4 cm³/mol. The van der Waals surface area contributed by atoms with Crippen molar-refractivity contribution in [3.8, 4) is 22.3 Å². The van der Waals surface area contributed by atoms with Gasteiger partial charge >= 0.3 is 0 Å². The van der Waals surface area contributed by atoms with Crippen LogP contribution in [0.1, 0.15) is 5.56 Å². The first kappa shape index (κ1) is 13.7. The number of hydrogen-bond acceptors (Lipinski definition) is 1. The van der Waals surface area contributed by atoms with Gasteiger partial charge in [-0.3, -0.25) is 4.98 Å². The second kappa shape index (κ2) is 5.69. The third-order valence-corrected chi connectivity index (χ3v) is 4.20. The Morgan fingerprint density at radius 1 is 0.652 bits per heavy atom. The molecule has 0 radical (unpaired) electrons. The zero-order valence-electron chi connectivity index (χ0n) is 13.0. The van der Waals surface area contributed by atoms with Gasteiger partial charge in [0.05, 0.1) is 5.52 Å². The number of hydrogen-bond donors (Lipinski definition) is 0. The molecule has 1 aromatic heterocycles. The van der Waals surface area contributed by atoms with Crippen LogP contribution in [-0.4, -0.2) is 4.98 Å². The van der Waals surface area contributed by atoms with Gasteiger partial charge in [-0.15, -0.1) is 0 Å². The minimum Gasteiger partial charge on any atom is -0.256 e. The molecule has 1 heterocycles. The molecular weight excluding hydrogens is 278 g/mol. The molecule has 110 valence electrons. The molecule has 0 bridgehead atoms. The summed E-state index contributed by atoms with van der Waals surface area (Å²) in [6, 6.07) is 27.6. The highest BCUT2D eigenvalue weighted by Gasteiger charge is 2.12. The highest BCUT2D eigenvalue weighted by atomic mass is 14.7. The van der Waals surface area contributed by atoms with Gasteiger partial charge in [0.25, 0.3) is 0 Å². The zero-order chi connectivity index (χ0) is 15.6. The molecule has 0 saturated heterocycles. The normalized spacial score (nSPS) is 10.8. The fourth-order valence-electron chi connectivity index (χ4n) is 3.01. The van der Waals surface area contributed by atoms with E-state index in [0.717, 1.165) is 5.52 Å². The van der Waals surface area contributed by atoms with Crippen LogP contribution in [0.5, 0.6) is 0 Å². The molecule has 1 nitrogen and oxygen atoms in total. The Hall–Kier alpha value is -2.93. The second-order valence-corrected chi connectivity index (χ2v) is 5.80. The highest BCUT2D eigenvalue weighted by molar-refractivity contribution is 6.02. The lowest BCUT2D eigenvalue weighted by Crippen LogP contribution is -1.90. The Morgan fingerprint density at radius 2 is 1.35 bits per heavy atom. The number of nitrogens with zero attached hydrogens (tertiary/aromatic N) is 1. The van der Waals surface area contributed by atoms with Crippen molar-refractivity contribution >= 4 is 10.9 Å². The number of pyridine rings is 1. The van der Waals surface area contributed by atoms with Crippen LogP contribution in [-0.2, 0) is 0 Å². The molecule has 0 aliphatic rings. The van der Waals surface area contributed by atoms with Crippen LogP contribution in [0.2, 0.25) is 0 Å². The van der Waals surface area contributed by atoms with E-state index in [1.807, 2.05) is 12.3 Å². The molecule has 0 aliphatic heterocycles. The quantitative estimate of drug-likeness (QED) is 0.450. The molecule has 4 rings (SSSR count). The van der Waals surface area contributed by atoms with Crippen LogP contribution in [0.3, 0.4) is 0 Å². The molecule has 0 spiro atoms. The third-order valence-electron chi connectivity index (χ3n) is 4.20. The van der Waals surface area contributed by atoms with Gasteiger partial charge in [-0.05, 0) is 24.1 Å². The molecule has 0 fully saturated rings. The van der Waals surface area contributed by atoms with Crippen molar-refractivity contribution in [2.24, 2.45) is 0 Å². The summed E-state index contributed by atoms with van der Waals surface area (Å²) in [7, 11) is 0. The van der Waals surface area contributed by atoms with E-state index in [4.69, 9.17) is 0 Å². The van der Waals surface area contributed by atoms with Crippen LogP contribution in [0, 0.1) is 6.92 Å². The lowest BCUT2D eigenvalue weighted by Gasteiger charge is -2.13. The lowest BCUT2D eigenvalue weighted by atomic mass is 9.92. The Morgan fingerprint density at radius 3 is 2.13 bits per heavy atom. The monoisotopic (exact) mass is 295 g/mol. The Balaban J connectivity index is 2.06. The summed E-state index contributed by atoms with van der Waals surface area (Å²) in [5.74, 6) is 0. The standard InChI is InChI=1S/C22H17N/c1-16-11-13-17(14-12-16)20-15-23-21-10-6-5-9-19(21)22(20)18-7-3-2-4-8-18/h2-15H,1H3. The summed E-state index contributed by atoms with van der Waals surface area (Å²) in [6.45, 7) is 2.11. The fourth-order valence-corrected chi connectivity index (χ4v) is 3.01. The van der Waals surface area contributed by atoms with Gasteiger partial charge in [0.1, 0.15) is 0 Å². The average molecular weight is 295 g/mol. The smallest absolute Gasteiger partial charge is 0.0708 e. The van der Waals surface area contributed by atoms with Gasteiger partial charge in [0, 0.05) is 22.7 Å². The maximum Gasteiger partial charge on any atom is 0.0708 e. The minimum atomic E-state index is 1.03. The Labute approximate surface area is 136 Å². The molecule has 1 heteroatoms. The Bertz CT molecular complexity index is 954. The number of rotatable bonds is 2. The van der Waals surface area contributed by atoms with Gasteiger partial charge < -0.3 is 0 Å². The summed E-state index contributed by atoms with van der Waals surface area (Å²) >= 11 is 0. The van der Waals surface area contributed by atoms with Gasteiger partial charge in [0.2, 0.25) is 0 Å². The van der Waals surface area contributed by atoms with Gasteiger partial charge in [-0.2, -0.15) is 0 Å². The fraction of sp³-hybridized carbons (Fsp3) is 0.0455. The first-order valence-corrected chi connectivity index (χ1v) is 7.83. The van der Waals surface area contributed by atoms with Crippen molar-refractivity contribution in [2.75, 3.05) is 0 Å². The van der Waals surface area contributed by atoms with E-state index >= 15 is 0 Å². The molecule has 0 amide bonds. The summed E-state index contributed by atoms with van der Waals surface area (Å²) < 4.78 is 0. The molecule has 23 heavy (non-hydrogen) atoms. The van der Waals surface area contributed by atoms with Crippen LogP contribution in [0.15, 0.2) is 85.1 Å². The zero-order valence-corrected chi connectivity index (χ0v) is 13.0.